The Bertz CT molecular complexity index is 308. The average Bonchev–Trinajstić information content (AvgIpc) is 2.51. The van der Waals surface area contributed by atoms with Gasteiger partial charge in [-0.1, -0.05) is 0 Å². The van der Waals surface area contributed by atoms with Crippen LogP contribution in [0.15, 0.2) is 6.33 Å². The lowest BCUT2D eigenvalue weighted by Crippen LogP contribution is -2.13. The minimum Gasteiger partial charge on any atom is -0.368 e. The zero-order valence-corrected chi connectivity index (χ0v) is 7.96. The van der Waals surface area contributed by atoms with Gasteiger partial charge in [0.05, 0.1) is 5.69 Å². The smallest absolute Gasteiger partial charge is 0.134 e. The van der Waals surface area contributed by atoms with Crippen molar-refractivity contribution in [3.8, 4) is 0 Å². The van der Waals surface area contributed by atoms with Gasteiger partial charge in [-0.25, -0.2) is 9.97 Å². The third-order valence-electron chi connectivity index (χ3n) is 2.05. The fourth-order valence-corrected chi connectivity index (χ4v) is 1.49. The van der Waals surface area contributed by atoms with Crippen LogP contribution in [0.25, 0.3) is 0 Å². The maximum Gasteiger partial charge on any atom is 0.134 e. The highest BCUT2D eigenvalue weighted by Gasteiger charge is 2.16. The molecule has 0 amide bonds. The van der Waals surface area contributed by atoms with Crippen LogP contribution >= 0.6 is 0 Å². The van der Waals surface area contributed by atoms with Gasteiger partial charge >= 0.3 is 0 Å². The predicted molar refractivity (Wildman–Crippen MR) is 51.3 cm³/mol. The van der Waals surface area contributed by atoms with Crippen molar-refractivity contribution in [2.45, 2.75) is 33.0 Å². The first-order chi connectivity index (χ1) is 6.27. The molecule has 0 unspecified atom stereocenters. The van der Waals surface area contributed by atoms with E-state index in [9.17, 15) is 0 Å². The van der Waals surface area contributed by atoms with Gasteiger partial charge in [0, 0.05) is 24.7 Å². The average molecular weight is 178 g/mol. The third-order valence-corrected chi connectivity index (χ3v) is 2.05. The molecule has 0 saturated carbocycles. The summed E-state index contributed by atoms with van der Waals surface area (Å²) in [7, 11) is 0. The number of nitrogens with one attached hydrogen (secondary N) is 2. The highest BCUT2D eigenvalue weighted by atomic mass is 15.1. The molecule has 70 valence electrons. The summed E-state index contributed by atoms with van der Waals surface area (Å²) in [6.07, 6.45) is 1.62. The van der Waals surface area contributed by atoms with Crippen molar-refractivity contribution in [2.75, 3.05) is 5.32 Å². The van der Waals surface area contributed by atoms with E-state index < -0.39 is 0 Å². The highest BCUT2D eigenvalue weighted by Crippen LogP contribution is 2.19. The molecule has 0 spiro atoms. The van der Waals surface area contributed by atoms with Gasteiger partial charge in [0.15, 0.2) is 0 Å². The van der Waals surface area contributed by atoms with Crippen LogP contribution in [0.5, 0.6) is 0 Å². The Hall–Kier alpha value is -1.16. The van der Waals surface area contributed by atoms with Crippen molar-refractivity contribution in [1.29, 1.82) is 0 Å². The Labute approximate surface area is 77.8 Å². The van der Waals surface area contributed by atoms with Crippen molar-refractivity contribution in [3.63, 3.8) is 0 Å². The van der Waals surface area contributed by atoms with Crippen molar-refractivity contribution in [2.24, 2.45) is 0 Å². The van der Waals surface area contributed by atoms with Gasteiger partial charge in [-0.2, -0.15) is 0 Å². The number of hydrogen-bond acceptors (Lipinski definition) is 4. The summed E-state index contributed by atoms with van der Waals surface area (Å²) in [5.74, 6) is 0.977. The lowest BCUT2D eigenvalue weighted by molar-refractivity contribution is 0.757. The summed E-state index contributed by atoms with van der Waals surface area (Å²) in [6.45, 7) is 5.96. The van der Waals surface area contributed by atoms with Gasteiger partial charge in [0.2, 0.25) is 0 Å². The Kier molecular flexibility index (Phi) is 2.14. The monoisotopic (exact) mass is 178 g/mol. The second kappa shape index (κ2) is 3.30. The quantitative estimate of drug-likeness (QED) is 0.706. The molecule has 2 rings (SSSR count). The maximum absolute atomic E-state index is 4.23. The van der Waals surface area contributed by atoms with E-state index in [0.29, 0.717) is 6.04 Å². The minimum absolute atomic E-state index is 0.416. The third kappa shape index (κ3) is 1.62. The fraction of sp³-hybridized carbons (Fsp3) is 0.556. The van der Waals surface area contributed by atoms with E-state index in [4.69, 9.17) is 0 Å². The Morgan fingerprint density at radius 3 is 3.00 bits per heavy atom. The second-order valence-electron chi connectivity index (χ2n) is 3.55. The molecule has 0 radical (unpaired) electrons. The van der Waals surface area contributed by atoms with Crippen LogP contribution in [-0.4, -0.2) is 16.0 Å². The summed E-state index contributed by atoms with van der Waals surface area (Å²) >= 11 is 0. The molecule has 0 aliphatic carbocycles. The van der Waals surface area contributed by atoms with E-state index >= 15 is 0 Å². The van der Waals surface area contributed by atoms with E-state index in [1.807, 2.05) is 0 Å². The SMILES string of the molecule is CC(C)Nc1ncnc2c1CNC2. The number of aromatic nitrogens is 2. The lowest BCUT2D eigenvalue weighted by atomic mass is 10.2. The zero-order valence-electron chi connectivity index (χ0n) is 7.96. The summed E-state index contributed by atoms with van der Waals surface area (Å²) in [4.78, 5) is 8.44. The van der Waals surface area contributed by atoms with E-state index in [-0.39, 0.29) is 0 Å². The van der Waals surface area contributed by atoms with Gasteiger partial charge in [-0.05, 0) is 13.8 Å². The second-order valence-corrected chi connectivity index (χ2v) is 3.55. The normalized spacial score (nSPS) is 14.7. The van der Waals surface area contributed by atoms with Gasteiger partial charge in [-0.15, -0.1) is 0 Å². The van der Waals surface area contributed by atoms with Crippen molar-refractivity contribution in [3.05, 3.63) is 17.6 Å². The van der Waals surface area contributed by atoms with E-state index in [2.05, 4.69) is 34.4 Å². The molecule has 1 aliphatic rings. The minimum atomic E-state index is 0.416. The van der Waals surface area contributed by atoms with E-state index in [0.717, 1.165) is 24.6 Å². The Morgan fingerprint density at radius 1 is 1.38 bits per heavy atom. The lowest BCUT2D eigenvalue weighted by Gasteiger charge is -2.11. The van der Waals surface area contributed by atoms with Crippen LogP contribution in [-0.2, 0) is 13.1 Å². The largest absolute Gasteiger partial charge is 0.368 e. The fourth-order valence-electron chi connectivity index (χ4n) is 1.49. The van der Waals surface area contributed by atoms with Crippen LogP contribution in [0.3, 0.4) is 0 Å². The molecule has 1 aliphatic heterocycles. The van der Waals surface area contributed by atoms with Gasteiger partial charge < -0.3 is 10.6 Å². The summed E-state index contributed by atoms with van der Waals surface area (Å²) < 4.78 is 0. The topological polar surface area (TPSA) is 49.8 Å². The van der Waals surface area contributed by atoms with Crippen LogP contribution in [0.1, 0.15) is 25.1 Å². The number of nitrogens with zero attached hydrogens (tertiary/aromatic N) is 2. The molecule has 13 heavy (non-hydrogen) atoms. The molecule has 4 nitrogen and oxygen atoms in total. The first-order valence-corrected chi connectivity index (χ1v) is 4.57. The summed E-state index contributed by atoms with van der Waals surface area (Å²) in [5, 5.41) is 6.57. The maximum atomic E-state index is 4.23. The molecule has 0 saturated heterocycles. The first-order valence-electron chi connectivity index (χ1n) is 4.57. The first kappa shape index (κ1) is 8.44. The molecule has 0 bridgehead atoms. The molecular formula is C9H14N4. The Balaban J connectivity index is 2.30. The van der Waals surface area contributed by atoms with Crippen LogP contribution in [0, 0.1) is 0 Å². The predicted octanol–water partition coefficient (Wildman–Crippen LogP) is 0.900. The molecule has 1 aromatic rings. The molecular weight excluding hydrogens is 164 g/mol. The van der Waals surface area contributed by atoms with Gasteiger partial charge in [-0.3, -0.25) is 0 Å². The molecule has 2 heterocycles. The van der Waals surface area contributed by atoms with E-state index in [1.165, 1.54) is 5.56 Å². The molecule has 4 heteroatoms. The zero-order chi connectivity index (χ0) is 9.26. The number of fused-ring (bicyclic) bond motifs is 1. The summed E-state index contributed by atoms with van der Waals surface area (Å²) in [6, 6.07) is 0.416. The molecule has 0 aromatic carbocycles. The number of anilines is 1. The number of hydrogen-bond donors (Lipinski definition) is 2. The number of rotatable bonds is 2. The van der Waals surface area contributed by atoms with Gasteiger partial charge in [0.1, 0.15) is 12.1 Å². The van der Waals surface area contributed by atoms with Crippen molar-refractivity contribution in [1.82, 2.24) is 15.3 Å². The van der Waals surface area contributed by atoms with Crippen LogP contribution in [0.2, 0.25) is 0 Å². The molecule has 0 atom stereocenters. The highest BCUT2D eigenvalue weighted by molar-refractivity contribution is 5.47. The molecule has 1 aromatic heterocycles. The summed E-state index contributed by atoms with van der Waals surface area (Å²) in [5.41, 5.74) is 2.34. The van der Waals surface area contributed by atoms with Crippen LogP contribution < -0.4 is 10.6 Å². The van der Waals surface area contributed by atoms with Crippen LogP contribution in [0.4, 0.5) is 5.82 Å². The van der Waals surface area contributed by atoms with E-state index in [1.54, 1.807) is 6.33 Å². The van der Waals surface area contributed by atoms with Crippen molar-refractivity contribution < 1.29 is 0 Å². The molecule has 2 N–H and O–H groups in total. The Morgan fingerprint density at radius 2 is 2.23 bits per heavy atom. The van der Waals surface area contributed by atoms with Gasteiger partial charge in [0.25, 0.3) is 0 Å². The van der Waals surface area contributed by atoms with Crippen molar-refractivity contribution >= 4 is 5.82 Å². The standard InChI is InChI=1S/C9H14N4/c1-6(2)13-9-7-3-10-4-8(7)11-5-12-9/h5-6,10H,3-4H2,1-2H3,(H,11,12,13). The molecule has 0 fully saturated rings.